The highest BCUT2D eigenvalue weighted by Crippen LogP contribution is 2.35. The van der Waals surface area contributed by atoms with Crippen molar-refractivity contribution in [2.75, 3.05) is 10.6 Å². The molecule has 0 aliphatic rings. The molecule has 0 bridgehead atoms. The van der Waals surface area contributed by atoms with Crippen LogP contribution in [0.15, 0.2) is 54.6 Å². The van der Waals surface area contributed by atoms with Gasteiger partial charge in [-0.15, -0.1) is 0 Å². The van der Waals surface area contributed by atoms with Gasteiger partial charge in [0.15, 0.2) is 0 Å². The van der Waals surface area contributed by atoms with E-state index in [0.29, 0.717) is 27.9 Å². The topological polar surface area (TPSA) is 159 Å². The number of aromatic nitrogens is 4. The lowest BCUT2D eigenvalue weighted by molar-refractivity contribution is -0.139. The van der Waals surface area contributed by atoms with Gasteiger partial charge in [0, 0.05) is 24.6 Å². The van der Waals surface area contributed by atoms with Crippen molar-refractivity contribution in [3.05, 3.63) is 71.7 Å². The van der Waals surface area contributed by atoms with E-state index in [1.165, 1.54) is 36.4 Å². The molecule has 3 N–H and O–H groups in total. The molecule has 13 heteroatoms. The number of rotatable bonds is 11. The van der Waals surface area contributed by atoms with E-state index in [9.17, 15) is 27.8 Å². The molecule has 0 unspecified atom stereocenters. The van der Waals surface area contributed by atoms with Crippen LogP contribution in [0.25, 0.3) is 28.4 Å². The molecule has 2 atom stereocenters. The molecule has 2 aromatic heterocycles. The zero-order chi connectivity index (χ0) is 30.8. The number of imidazole rings is 1. The summed E-state index contributed by atoms with van der Waals surface area (Å²) in [6.45, 7) is 3.70. The van der Waals surface area contributed by atoms with Gasteiger partial charge in [0.1, 0.15) is 5.82 Å². The van der Waals surface area contributed by atoms with Crippen molar-refractivity contribution in [1.29, 1.82) is 0 Å². The first-order chi connectivity index (χ1) is 19.8. The number of aliphatic carboxylic acids is 1. The Balaban J connectivity index is 1.93. The maximum absolute atomic E-state index is 13.9. The molecule has 0 aliphatic heterocycles. The molecule has 4 aromatic rings. The molecule has 2 heterocycles. The van der Waals surface area contributed by atoms with Gasteiger partial charge in [0.2, 0.25) is 21.9 Å². The molecule has 222 valence electrons. The number of carbonyl (C=O) groups is 1. The van der Waals surface area contributed by atoms with Crippen LogP contribution >= 0.6 is 0 Å². The second-order valence-corrected chi connectivity index (χ2v) is 12.1. The van der Waals surface area contributed by atoms with Crippen molar-refractivity contribution in [3.63, 3.8) is 0 Å². The van der Waals surface area contributed by atoms with E-state index in [0.717, 1.165) is 10.6 Å². The zero-order valence-electron chi connectivity index (χ0n) is 23.5. The number of hydrogen-bond acceptors (Lipinski definition) is 8. The minimum Gasteiger partial charge on any atom is -0.481 e. The molecule has 0 saturated heterocycles. The monoisotopic (exact) mass is 597 g/mol. The Labute approximate surface area is 242 Å². The van der Waals surface area contributed by atoms with E-state index in [1.807, 2.05) is 26.0 Å². The van der Waals surface area contributed by atoms with Crippen LogP contribution in [0.1, 0.15) is 43.9 Å². The van der Waals surface area contributed by atoms with E-state index in [4.69, 9.17) is 5.11 Å². The number of anilines is 2. The number of aliphatic hydroxyl groups excluding tert-OH is 2. The van der Waals surface area contributed by atoms with E-state index in [2.05, 4.69) is 15.0 Å². The van der Waals surface area contributed by atoms with Crippen molar-refractivity contribution in [3.8, 4) is 11.3 Å². The molecule has 0 spiro atoms. The fourth-order valence-electron chi connectivity index (χ4n) is 4.55. The quantitative estimate of drug-likeness (QED) is 0.232. The van der Waals surface area contributed by atoms with Gasteiger partial charge in [-0.1, -0.05) is 38.1 Å². The van der Waals surface area contributed by atoms with Crippen molar-refractivity contribution in [1.82, 2.24) is 19.5 Å². The number of fused-ring (bicyclic) bond motifs is 1. The maximum atomic E-state index is 13.9. The minimum absolute atomic E-state index is 0.0737. The number of benzene rings is 2. The highest BCUT2D eigenvalue weighted by Gasteiger charge is 2.30. The molecule has 2 aromatic carbocycles. The average Bonchev–Trinajstić information content (AvgIpc) is 3.22. The standard InChI is InChI=1S/C29H32FN5O6S/c1-17(2)26-22(14-13-20(36)15-21(37)16-25(38)39)27(18-9-11-19(30)12-10-18)33-28(32-26)35(42(4,40)41)29-31-23-7-5-6-8-24(23)34(29)3/h5-14,17,20-21,36-37H,15-16H2,1-4H3,(H,38,39)/t20-,21-/m1/s1. The third-order valence-corrected chi connectivity index (χ3v) is 7.49. The lowest BCUT2D eigenvalue weighted by Crippen LogP contribution is -2.29. The van der Waals surface area contributed by atoms with Crippen molar-refractivity contribution in [2.24, 2.45) is 7.05 Å². The molecule has 0 radical (unpaired) electrons. The average molecular weight is 598 g/mol. The van der Waals surface area contributed by atoms with Gasteiger partial charge < -0.3 is 19.9 Å². The molecule has 4 rings (SSSR count). The van der Waals surface area contributed by atoms with Gasteiger partial charge in [-0.25, -0.2) is 27.8 Å². The van der Waals surface area contributed by atoms with Gasteiger partial charge in [-0.05, 0) is 42.3 Å². The van der Waals surface area contributed by atoms with E-state index in [-0.39, 0.29) is 29.9 Å². The molecule has 0 saturated carbocycles. The third-order valence-electron chi connectivity index (χ3n) is 6.50. The summed E-state index contributed by atoms with van der Waals surface area (Å²) in [7, 11) is -2.34. The number of sulfonamides is 1. The summed E-state index contributed by atoms with van der Waals surface area (Å²) in [5.74, 6) is -2.03. The van der Waals surface area contributed by atoms with Crippen LogP contribution in [0.4, 0.5) is 16.3 Å². The molecule has 0 amide bonds. The first kappa shape index (κ1) is 30.8. The number of nitrogens with zero attached hydrogens (tertiary/aromatic N) is 5. The number of aryl methyl sites for hydroxylation is 1. The maximum Gasteiger partial charge on any atom is 0.305 e. The second-order valence-electron chi connectivity index (χ2n) is 10.2. The minimum atomic E-state index is -4.02. The first-order valence-corrected chi connectivity index (χ1v) is 15.0. The van der Waals surface area contributed by atoms with Crippen LogP contribution in [-0.4, -0.2) is 67.7 Å². The summed E-state index contributed by atoms with van der Waals surface area (Å²) in [5.41, 5.74) is 2.87. The Morgan fingerprint density at radius 3 is 2.33 bits per heavy atom. The SMILES string of the molecule is CC(C)c1nc(N(c2nc3ccccc3n2C)S(C)(=O)=O)nc(-c2ccc(F)cc2)c1C=C[C@@H](O)C[C@@H](O)CC(=O)O. The van der Waals surface area contributed by atoms with E-state index >= 15 is 0 Å². The van der Waals surface area contributed by atoms with Crippen LogP contribution in [0.2, 0.25) is 0 Å². The molecule has 0 aliphatic carbocycles. The Morgan fingerprint density at radius 2 is 1.74 bits per heavy atom. The lowest BCUT2D eigenvalue weighted by atomic mass is 9.97. The van der Waals surface area contributed by atoms with Gasteiger partial charge in [0.05, 0.1) is 47.3 Å². The molecule has 0 fully saturated rings. The Kier molecular flexibility index (Phi) is 9.04. The fraction of sp³-hybridized carbons (Fsp3) is 0.310. The van der Waals surface area contributed by atoms with Crippen molar-refractivity contribution in [2.45, 2.75) is 44.8 Å². The van der Waals surface area contributed by atoms with Gasteiger partial charge in [-0.2, -0.15) is 4.31 Å². The van der Waals surface area contributed by atoms with Crippen molar-refractivity contribution < 1.29 is 32.9 Å². The molecular formula is C29H32FN5O6S. The summed E-state index contributed by atoms with van der Waals surface area (Å²) in [4.78, 5) is 24.7. The van der Waals surface area contributed by atoms with Crippen LogP contribution in [0, 0.1) is 5.82 Å². The van der Waals surface area contributed by atoms with E-state index < -0.39 is 40.4 Å². The van der Waals surface area contributed by atoms with E-state index in [1.54, 1.807) is 23.7 Å². The summed E-state index contributed by atoms with van der Waals surface area (Å²) in [5, 5.41) is 29.3. The highest BCUT2D eigenvalue weighted by molar-refractivity contribution is 7.92. The zero-order valence-corrected chi connectivity index (χ0v) is 24.3. The van der Waals surface area contributed by atoms with Gasteiger partial charge >= 0.3 is 5.97 Å². The Morgan fingerprint density at radius 1 is 1.07 bits per heavy atom. The molecule has 11 nitrogen and oxygen atoms in total. The number of carboxylic acid groups (broad SMARTS) is 1. The smallest absolute Gasteiger partial charge is 0.305 e. The first-order valence-electron chi connectivity index (χ1n) is 13.1. The Bertz CT molecular complexity index is 1740. The van der Waals surface area contributed by atoms with Crippen LogP contribution in [0.3, 0.4) is 0 Å². The summed E-state index contributed by atoms with van der Waals surface area (Å²) >= 11 is 0. The predicted molar refractivity (Wildman–Crippen MR) is 157 cm³/mol. The number of aliphatic hydroxyl groups is 2. The highest BCUT2D eigenvalue weighted by atomic mass is 32.2. The summed E-state index contributed by atoms with van der Waals surface area (Å²) in [6.07, 6.45) is 0.724. The molecule has 42 heavy (non-hydrogen) atoms. The summed E-state index contributed by atoms with van der Waals surface area (Å²) < 4.78 is 42.9. The van der Waals surface area contributed by atoms with Gasteiger partial charge in [-0.3, -0.25) is 4.79 Å². The third kappa shape index (κ3) is 6.81. The lowest BCUT2D eigenvalue weighted by Gasteiger charge is -2.23. The van der Waals surface area contributed by atoms with Gasteiger partial charge in [0.25, 0.3) is 0 Å². The predicted octanol–water partition coefficient (Wildman–Crippen LogP) is 3.99. The second kappa shape index (κ2) is 12.3. The van der Waals surface area contributed by atoms with Crippen LogP contribution in [-0.2, 0) is 21.9 Å². The van der Waals surface area contributed by atoms with Crippen LogP contribution in [0.5, 0.6) is 0 Å². The number of para-hydroxylation sites is 2. The Hall–Kier alpha value is -4.20. The number of carboxylic acids is 1. The van der Waals surface area contributed by atoms with Crippen molar-refractivity contribution >= 4 is 45.0 Å². The largest absolute Gasteiger partial charge is 0.481 e. The summed E-state index contributed by atoms with van der Waals surface area (Å²) in [6, 6.07) is 12.7. The fourth-order valence-corrected chi connectivity index (χ4v) is 5.39. The number of halogens is 1. The van der Waals surface area contributed by atoms with Crippen LogP contribution < -0.4 is 4.31 Å². The molecular weight excluding hydrogens is 565 g/mol. The number of hydrogen-bond donors (Lipinski definition) is 3. The normalized spacial score (nSPS) is 13.6.